The van der Waals surface area contributed by atoms with Crippen LogP contribution in [0.1, 0.15) is 16.3 Å². The van der Waals surface area contributed by atoms with Crippen LogP contribution in [0.25, 0.3) is 5.78 Å². The molecule has 0 aliphatic rings. The summed E-state index contributed by atoms with van der Waals surface area (Å²) in [6, 6.07) is 6.07. The van der Waals surface area contributed by atoms with E-state index in [-0.39, 0.29) is 22.2 Å². The number of benzene rings is 1. The first kappa shape index (κ1) is 18.7. The van der Waals surface area contributed by atoms with Crippen LogP contribution >= 0.6 is 0 Å². The Morgan fingerprint density at radius 2 is 2.00 bits per heavy atom. The Hall–Kier alpha value is -3.05. The summed E-state index contributed by atoms with van der Waals surface area (Å²) in [6.45, 7) is 1.81. The molecule has 0 aliphatic heterocycles. The second kappa shape index (κ2) is 6.93. The third-order valence-electron chi connectivity index (χ3n) is 3.81. The summed E-state index contributed by atoms with van der Waals surface area (Å²) >= 11 is 0. The lowest BCUT2D eigenvalue weighted by molar-refractivity contribution is 0.101. The van der Waals surface area contributed by atoms with Crippen LogP contribution in [0.3, 0.4) is 0 Å². The van der Waals surface area contributed by atoms with Crippen molar-refractivity contribution in [2.24, 2.45) is 0 Å². The summed E-state index contributed by atoms with van der Waals surface area (Å²) in [6.07, 6.45) is 1.57. The van der Waals surface area contributed by atoms with Gasteiger partial charge in [0.2, 0.25) is 15.8 Å². The van der Waals surface area contributed by atoms with Crippen molar-refractivity contribution in [1.29, 1.82) is 0 Å². The summed E-state index contributed by atoms with van der Waals surface area (Å²) in [5.74, 6) is -0.193. The van der Waals surface area contributed by atoms with Gasteiger partial charge in [-0.05, 0) is 31.2 Å². The average Bonchev–Trinajstić information content (AvgIpc) is 3.07. The van der Waals surface area contributed by atoms with Crippen molar-refractivity contribution >= 4 is 27.4 Å². The molecular weight excluding hydrogens is 372 g/mol. The van der Waals surface area contributed by atoms with Crippen LogP contribution in [0.4, 0.5) is 5.69 Å². The van der Waals surface area contributed by atoms with Gasteiger partial charge in [-0.15, -0.1) is 5.10 Å². The van der Waals surface area contributed by atoms with Crippen LogP contribution < -0.4 is 10.1 Å². The molecule has 1 aromatic carbocycles. The molecule has 2 aromatic heterocycles. The Morgan fingerprint density at radius 1 is 1.26 bits per heavy atom. The zero-order chi connectivity index (χ0) is 19.8. The Labute approximate surface area is 155 Å². The van der Waals surface area contributed by atoms with E-state index in [1.54, 1.807) is 12.3 Å². The molecule has 11 heteroatoms. The first-order chi connectivity index (χ1) is 12.7. The van der Waals surface area contributed by atoms with E-state index in [9.17, 15) is 13.2 Å². The molecular formula is C16H18N6O4S. The van der Waals surface area contributed by atoms with E-state index in [0.717, 1.165) is 10.00 Å². The van der Waals surface area contributed by atoms with E-state index < -0.39 is 15.9 Å². The zero-order valence-electron chi connectivity index (χ0n) is 15.2. The smallest absolute Gasteiger partial charge is 0.295 e. The zero-order valence-corrected chi connectivity index (χ0v) is 16.0. The van der Waals surface area contributed by atoms with Gasteiger partial charge in [-0.25, -0.2) is 22.2 Å². The number of methoxy groups -OCH3 is 1. The number of ether oxygens (including phenoxy) is 1. The Kier molecular flexibility index (Phi) is 4.81. The average molecular weight is 390 g/mol. The summed E-state index contributed by atoms with van der Waals surface area (Å²) in [7, 11) is 0.441. The monoisotopic (exact) mass is 390 g/mol. The van der Waals surface area contributed by atoms with E-state index in [4.69, 9.17) is 4.74 Å². The number of nitrogens with one attached hydrogen (secondary N) is 1. The maximum Gasteiger partial charge on any atom is 0.295 e. The van der Waals surface area contributed by atoms with Crippen LogP contribution in [0.5, 0.6) is 5.75 Å². The Morgan fingerprint density at radius 3 is 2.63 bits per heavy atom. The summed E-state index contributed by atoms with van der Waals surface area (Å²) < 4.78 is 32.6. The molecule has 1 amide bonds. The summed E-state index contributed by atoms with van der Waals surface area (Å²) in [5.41, 5.74) is 1.04. The molecule has 2 heterocycles. The van der Waals surface area contributed by atoms with Gasteiger partial charge in [0.1, 0.15) is 10.6 Å². The third-order valence-corrected chi connectivity index (χ3v) is 5.65. The first-order valence-corrected chi connectivity index (χ1v) is 9.28. The molecule has 10 nitrogen and oxygen atoms in total. The van der Waals surface area contributed by atoms with Crippen molar-refractivity contribution in [3.05, 3.63) is 42.0 Å². The van der Waals surface area contributed by atoms with Gasteiger partial charge in [-0.1, -0.05) is 0 Å². The number of rotatable bonds is 5. The van der Waals surface area contributed by atoms with Crippen molar-refractivity contribution in [1.82, 2.24) is 23.9 Å². The fourth-order valence-corrected chi connectivity index (χ4v) is 3.42. The number of carbonyl (C=O) groups excluding carboxylic acids is 1. The standard InChI is InChI=1S/C16H18N6O4S/c1-10-7-8-17-16-19-14(20-22(10)16)15(23)18-11-5-6-12(26-4)13(9-11)27(24,25)21(2)3/h5-9H,1-4H3,(H,18,23). The van der Waals surface area contributed by atoms with E-state index in [1.807, 2.05) is 6.92 Å². The minimum atomic E-state index is -3.76. The molecule has 3 aromatic rings. The molecule has 0 radical (unpaired) electrons. The van der Waals surface area contributed by atoms with Gasteiger partial charge in [0.25, 0.3) is 11.7 Å². The molecule has 0 fully saturated rings. The minimum Gasteiger partial charge on any atom is -0.495 e. The number of sulfonamides is 1. The lowest BCUT2D eigenvalue weighted by atomic mass is 10.3. The normalized spacial score (nSPS) is 11.7. The predicted octanol–water partition coefficient (Wildman–Crippen LogP) is 0.944. The van der Waals surface area contributed by atoms with Gasteiger partial charge in [0, 0.05) is 31.7 Å². The molecule has 0 unspecified atom stereocenters. The number of amides is 1. The molecule has 3 rings (SSSR count). The summed E-state index contributed by atoms with van der Waals surface area (Å²) in [4.78, 5) is 20.5. The van der Waals surface area contributed by atoms with Gasteiger partial charge in [0.05, 0.1) is 7.11 Å². The van der Waals surface area contributed by atoms with Crippen LogP contribution in [0.2, 0.25) is 0 Å². The topological polar surface area (TPSA) is 119 Å². The molecule has 0 bridgehead atoms. The number of fused-ring (bicyclic) bond motifs is 1. The highest BCUT2D eigenvalue weighted by Crippen LogP contribution is 2.29. The van der Waals surface area contributed by atoms with Gasteiger partial charge >= 0.3 is 0 Å². The highest BCUT2D eigenvalue weighted by Gasteiger charge is 2.23. The number of aryl methyl sites for hydroxylation is 1. The highest BCUT2D eigenvalue weighted by molar-refractivity contribution is 7.89. The number of aromatic nitrogens is 4. The van der Waals surface area contributed by atoms with Gasteiger partial charge in [-0.2, -0.15) is 4.98 Å². The fraction of sp³-hybridized carbons (Fsp3) is 0.250. The largest absolute Gasteiger partial charge is 0.495 e. The fourth-order valence-electron chi connectivity index (χ4n) is 2.34. The lowest BCUT2D eigenvalue weighted by Crippen LogP contribution is -2.23. The number of nitrogens with zero attached hydrogens (tertiary/aromatic N) is 5. The maximum absolute atomic E-state index is 12.5. The molecule has 0 aliphatic carbocycles. The molecule has 142 valence electrons. The highest BCUT2D eigenvalue weighted by atomic mass is 32.2. The molecule has 27 heavy (non-hydrogen) atoms. The van der Waals surface area contributed by atoms with Crippen LogP contribution in [-0.2, 0) is 10.0 Å². The number of carbonyl (C=O) groups is 1. The number of hydrogen-bond acceptors (Lipinski definition) is 7. The lowest BCUT2D eigenvalue weighted by Gasteiger charge is -2.15. The van der Waals surface area contributed by atoms with Crippen molar-refractivity contribution in [2.75, 3.05) is 26.5 Å². The van der Waals surface area contributed by atoms with Crippen molar-refractivity contribution in [2.45, 2.75) is 11.8 Å². The third kappa shape index (κ3) is 3.46. The maximum atomic E-state index is 12.5. The van der Waals surface area contributed by atoms with E-state index in [0.29, 0.717) is 5.78 Å². The van der Waals surface area contributed by atoms with Crippen molar-refractivity contribution in [3.8, 4) is 5.75 Å². The van der Waals surface area contributed by atoms with Crippen LogP contribution in [0.15, 0.2) is 35.4 Å². The van der Waals surface area contributed by atoms with Crippen LogP contribution in [0, 0.1) is 6.92 Å². The first-order valence-electron chi connectivity index (χ1n) is 7.84. The number of anilines is 1. The number of hydrogen-bond donors (Lipinski definition) is 1. The molecule has 0 spiro atoms. The van der Waals surface area contributed by atoms with Gasteiger partial charge in [0.15, 0.2) is 0 Å². The van der Waals surface area contributed by atoms with Gasteiger partial charge in [-0.3, -0.25) is 4.79 Å². The predicted molar refractivity (Wildman–Crippen MR) is 97.3 cm³/mol. The second-order valence-corrected chi connectivity index (χ2v) is 7.96. The van der Waals surface area contributed by atoms with E-state index in [2.05, 4.69) is 20.4 Å². The SMILES string of the molecule is COc1ccc(NC(=O)c2nc3nccc(C)n3n2)cc1S(=O)(=O)N(C)C. The van der Waals surface area contributed by atoms with Gasteiger partial charge < -0.3 is 10.1 Å². The Bertz CT molecular complexity index is 1120. The minimum absolute atomic E-state index is 0.0618. The molecule has 0 atom stereocenters. The van der Waals surface area contributed by atoms with E-state index in [1.165, 1.54) is 43.9 Å². The Balaban J connectivity index is 1.95. The van der Waals surface area contributed by atoms with Crippen molar-refractivity contribution < 1.29 is 17.9 Å². The second-order valence-electron chi connectivity index (χ2n) is 5.84. The van der Waals surface area contributed by atoms with E-state index >= 15 is 0 Å². The molecule has 0 saturated heterocycles. The quantitative estimate of drug-likeness (QED) is 0.689. The van der Waals surface area contributed by atoms with Crippen LogP contribution in [-0.4, -0.2) is 59.4 Å². The molecule has 0 saturated carbocycles. The summed E-state index contributed by atoms with van der Waals surface area (Å²) in [5, 5.41) is 6.72. The molecule has 1 N–H and O–H groups in total. The van der Waals surface area contributed by atoms with Crippen molar-refractivity contribution in [3.63, 3.8) is 0 Å².